The molecule has 2 heterocycles. The van der Waals surface area contributed by atoms with E-state index in [1.807, 2.05) is 6.92 Å². The first kappa shape index (κ1) is 14.5. The number of nitrogens with zero attached hydrogens (tertiary/aromatic N) is 3. The molecule has 0 bridgehead atoms. The molecular weight excluding hydrogens is 266 g/mol. The lowest BCUT2D eigenvalue weighted by Crippen LogP contribution is -2.40. The first-order valence-corrected chi connectivity index (χ1v) is 7.10. The highest BCUT2D eigenvalue weighted by Gasteiger charge is 2.20. The first-order valence-electron chi connectivity index (χ1n) is 6.72. The molecule has 0 atom stereocenters. The van der Waals surface area contributed by atoms with Crippen molar-refractivity contribution < 1.29 is 9.47 Å². The van der Waals surface area contributed by atoms with Crippen LogP contribution in [0.3, 0.4) is 0 Å². The van der Waals surface area contributed by atoms with Gasteiger partial charge in [0, 0.05) is 26.2 Å². The van der Waals surface area contributed by atoms with Gasteiger partial charge in [0.1, 0.15) is 6.10 Å². The Hall–Kier alpha value is -0.910. The molecule has 0 unspecified atom stereocenters. The van der Waals surface area contributed by atoms with Crippen LogP contribution in [-0.2, 0) is 4.74 Å². The maximum atomic E-state index is 5.75. The van der Waals surface area contributed by atoms with Crippen molar-refractivity contribution >= 4 is 11.6 Å². The number of aromatic nitrogens is 2. The van der Waals surface area contributed by atoms with E-state index in [1.54, 1.807) is 12.4 Å². The predicted octanol–water partition coefficient (Wildman–Crippen LogP) is 2.01. The van der Waals surface area contributed by atoms with Crippen LogP contribution in [0.1, 0.15) is 19.8 Å². The van der Waals surface area contributed by atoms with Crippen LogP contribution in [0.25, 0.3) is 0 Å². The van der Waals surface area contributed by atoms with Crippen molar-refractivity contribution in [2.24, 2.45) is 0 Å². The van der Waals surface area contributed by atoms with Gasteiger partial charge in [-0.05, 0) is 19.8 Å². The highest BCUT2D eigenvalue weighted by molar-refractivity contribution is 6.30. The minimum Gasteiger partial charge on any atom is -0.460 e. The maximum absolute atomic E-state index is 5.75. The third-order valence-electron chi connectivity index (χ3n) is 3.16. The van der Waals surface area contributed by atoms with Crippen LogP contribution in [0.5, 0.6) is 6.01 Å². The fraction of sp³-hybridized carbons (Fsp3) is 0.692. The van der Waals surface area contributed by atoms with Gasteiger partial charge in [0.25, 0.3) is 0 Å². The SMILES string of the molecule is CCOCCN1CCC(Oc2ncc(Cl)cn2)CC1. The van der Waals surface area contributed by atoms with E-state index in [-0.39, 0.29) is 6.10 Å². The average molecular weight is 286 g/mol. The number of hydrogen-bond donors (Lipinski definition) is 0. The second-order valence-corrected chi connectivity index (χ2v) is 4.98. The normalized spacial score (nSPS) is 17.6. The molecule has 0 N–H and O–H groups in total. The molecule has 1 fully saturated rings. The minimum atomic E-state index is 0.199. The summed E-state index contributed by atoms with van der Waals surface area (Å²) in [5.41, 5.74) is 0. The second-order valence-electron chi connectivity index (χ2n) is 4.54. The largest absolute Gasteiger partial charge is 0.460 e. The summed E-state index contributed by atoms with van der Waals surface area (Å²) in [7, 11) is 0. The van der Waals surface area contributed by atoms with E-state index >= 15 is 0 Å². The molecule has 0 saturated carbocycles. The minimum absolute atomic E-state index is 0.199. The molecule has 2 rings (SSSR count). The van der Waals surface area contributed by atoms with Gasteiger partial charge in [0.05, 0.1) is 24.0 Å². The standard InChI is InChI=1S/C13H20ClN3O2/c1-2-18-8-7-17-5-3-12(4-6-17)19-13-15-9-11(14)10-16-13/h9-10,12H,2-8H2,1H3. The second kappa shape index (κ2) is 7.62. The van der Waals surface area contributed by atoms with E-state index in [0.29, 0.717) is 11.0 Å². The number of hydrogen-bond acceptors (Lipinski definition) is 5. The molecule has 0 amide bonds. The Morgan fingerprint density at radius 3 is 2.63 bits per heavy atom. The Morgan fingerprint density at radius 2 is 2.00 bits per heavy atom. The molecule has 5 nitrogen and oxygen atoms in total. The van der Waals surface area contributed by atoms with E-state index in [2.05, 4.69) is 14.9 Å². The number of piperidine rings is 1. The molecule has 1 aliphatic heterocycles. The summed E-state index contributed by atoms with van der Waals surface area (Å²) in [6.07, 6.45) is 5.31. The zero-order chi connectivity index (χ0) is 13.5. The lowest BCUT2D eigenvalue weighted by molar-refractivity contribution is 0.0652. The summed E-state index contributed by atoms with van der Waals surface area (Å²) in [4.78, 5) is 10.5. The third-order valence-corrected chi connectivity index (χ3v) is 3.35. The zero-order valence-electron chi connectivity index (χ0n) is 11.2. The quantitative estimate of drug-likeness (QED) is 0.748. The monoisotopic (exact) mass is 285 g/mol. The third kappa shape index (κ3) is 4.93. The van der Waals surface area contributed by atoms with Crippen molar-refractivity contribution in [2.75, 3.05) is 32.8 Å². The van der Waals surface area contributed by atoms with Gasteiger partial charge in [-0.25, -0.2) is 9.97 Å². The van der Waals surface area contributed by atoms with Gasteiger partial charge in [-0.3, -0.25) is 0 Å². The smallest absolute Gasteiger partial charge is 0.316 e. The van der Waals surface area contributed by atoms with Crippen molar-refractivity contribution in [1.29, 1.82) is 0 Å². The van der Waals surface area contributed by atoms with Crippen molar-refractivity contribution in [1.82, 2.24) is 14.9 Å². The van der Waals surface area contributed by atoms with E-state index in [1.165, 1.54) is 0 Å². The van der Waals surface area contributed by atoms with Crippen LogP contribution in [0.2, 0.25) is 5.02 Å². The summed E-state index contributed by atoms with van der Waals surface area (Å²) < 4.78 is 11.1. The van der Waals surface area contributed by atoms with Gasteiger partial charge in [0.2, 0.25) is 0 Å². The zero-order valence-corrected chi connectivity index (χ0v) is 12.0. The summed E-state index contributed by atoms with van der Waals surface area (Å²) >= 11 is 5.73. The van der Waals surface area contributed by atoms with Crippen molar-refractivity contribution in [3.63, 3.8) is 0 Å². The summed E-state index contributed by atoms with van der Waals surface area (Å²) in [6, 6.07) is 0.414. The molecule has 106 valence electrons. The number of rotatable bonds is 6. The number of ether oxygens (including phenoxy) is 2. The van der Waals surface area contributed by atoms with Crippen LogP contribution in [0, 0.1) is 0 Å². The molecule has 1 aromatic rings. The van der Waals surface area contributed by atoms with Crippen LogP contribution in [-0.4, -0.2) is 53.8 Å². The highest BCUT2D eigenvalue weighted by Crippen LogP contribution is 2.16. The van der Waals surface area contributed by atoms with Crippen molar-refractivity contribution in [2.45, 2.75) is 25.9 Å². The van der Waals surface area contributed by atoms with Gasteiger partial charge < -0.3 is 14.4 Å². The van der Waals surface area contributed by atoms with Crippen LogP contribution >= 0.6 is 11.6 Å². The Balaban J connectivity index is 1.69. The van der Waals surface area contributed by atoms with Gasteiger partial charge >= 0.3 is 6.01 Å². The van der Waals surface area contributed by atoms with Gasteiger partial charge in [-0.1, -0.05) is 11.6 Å². The molecule has 19 heavy (non-hydrogen) atoms. The van der Waals surface area contributed by atoms with Crippen molar-refractivity contribution in [3.8, 4) is 6.01 Å². The topological polar surface area (TPSA) is 47.5 Å². The predicted molar refractivity (Wildman–Crippen MR) is 73.6 cm³/mol. The Bertz CT molecular complexity index is 367. The summed E-state index contributed by atoms with van der Waals surface area (Å²) in [5, 5.41) is 0.526. The van der Waals surface area contributed by atoms with Crippen LogP contribution in [0.15, 0.2) is 12.4 Å². The molecule has 1 saturated heterocycles. The number of likely N-dealkylation sites (tertiary alicyclic amines) is 1. The summed E-state index contributed by atoms with van der Waals surface area (Å²) in [6.45, 7) is 6.68. The summed E-state index contributed by atoms with van der Waals surface area (Å²) in [5.74, 6) is 0. The Labute approximate surface area is 118 Å². The fourth-order valence-corrected chi connectivity index (χ4v) is 2.20. The Morgan fingerprint density at radius 1 is 1.32 bits per heavy atom. The van der Waals surface area contributed by atoms with E-state index in [4.69, 9.17) is 21.1 Å². The van der Waals surface area contributed by atoms with Gasteiger partial charge in [0.15, 0.2) is 0 Å². The lowest BCUT2D eigenvalue weighted by atomic mass is 10.1. The van der Waals surface area contributed by atoms with Gasteiger partial charge in [-0.2, -0.15) is 0 Å². The van der Waals surface area contributed by atoms with Crippen LogP contribution < -0.4 is 4.74 Å². The number of halogens is 1. The van der Waals surface area contributed by atoms with Gasteiger partial charge in [-0.15, -0.1) is 0 Å². The van der Waals surface area contributed by atoms with Crippen LogP contribution in [0.4, 0.5) is 0 Å². The van der Waals surface area contributed by atoms with Crippen molar-refractivity contribution in [3.05, 3.63) is 17.4 Å². The molecule has 1 aromatic heterocycles. The fourth-order valence-electron chi connectivity index (χ4n) is 2.10. The van der Waals surface area contributed by atoms with E-state index < -0.39 is 0 Å². The molecule has 0 aliphatic carbocycles. The maximum Gasteiger partial charge on any atom is 0.316 e. The molecule has 1 aliphatic rings. The van der Waals surface area contributed by atoms with E-state index in [0.717, 1.165) is 45.7 Å². The molecular formula is C13H20ClN3O2. The van der Waals surface area contributed by atoms with E-state index in [9.17, 15) is 0 Å². The molecule has 0 spiro atoms. The lowest BCUT2D eigenvalue weighted by Gasteiger charge is -2.31. The first-order chi connectivity index (χ1) is 9.28. The molecule has 0 radical (unpaired) electrons. The molecule has 0 aromatic carbocycles. The molecule has 6 heteroatoms. The highest BCUT2D eigenvalue weighted by atomic mass is 35.5. The Kier molecular flexibility index (Phi) is 5.82. The average Bonchev–Trinajstić information content (AvgIpc) is 2.44.